The fourth-order valence-electron chi connectivity index (χ4n) is 4.68. The highest BCUT2D eigenvalue weighted by Gasteiger charge is 2.28. The standard InChI is InChI=1S/C28H38FN3O4S/c1-21-15-17-23(18-16-21)20-31(22(2)28(34)30-24-10-5-4-6-11-24)27(33)14-9-19-32(37(3,35)36)26-13-8-7-12-25(26)29/h7-8,12-13,15-18,22,24H,4-6,9-11,14,19-20H2,1-3H3,(H,30,34)/t22-/m0/s1. The lowest BCUT2D eigenvalue weighted by Gasteiger charge is -2.31. The van der Waals surface area contributed by atoms with E-state index in [1.54, 1.807) is 17.9 Å². The van der Waals surface area contributed by atoms with Crippen molar-refractivity contribution in [3.63, 3.8) is 0 Å². The Labute approximate surface area is 220 Å². The average molecular weight is 532 g/mol. The molecule has 1 saturated carbocycles. The van der Waals surface area contributed by atoms with Gasteiger partial charge >= 0.3 is 0 Å². The molecular weight excluding hydrogens is 493 g/mol. The van der Waals surface area contributed by atoms with Crippen molar-refractivity contribution in [2.24, 2.45) is 0 Å². The molecule has 0 radical (unpaired) electrons. The third-order valence-corrected chi connectivity index (χ3v) is 8.05. The summed E-state index contributed by atoms with van der Waals surface area (Å²) in [6.45, 7) is 3.93. The van der Waals surface area contributed by atoms with Crippen molar-refractivity contribution in [3.8, 4) is 0 Å². The minimum Gasteiger partial charge on any atom is -0.352 e. The van der Waals surface area contributed by atoms with Crippen LogP contribution >= 0.6 is 0 Å². The van der Waals surface area contributed by atoms with Crippen LogP contribution in [0.15, 0.2) is 48.5 Å². The van der Waals surface area contributed by atoms with Crippen molar-refractivity contribution in [3.05, 3.63) is 65.5 Å². The molecule has 202 valence electrons. The lowest BCUT2D eigenvalue weighted by Crippen LogP contribution is -2.50. The van der Waals surface area contributed by atoms with Crippen LogP contribution < -0.4 is 9.62 Å². The van der Waals surface area contributed by atoms with Crippen molar-refractivity contribution in [1.29, 1.82) is 0 Å². The van der Waals surface area contributed by atoms with E-state index in [0.717, 1.165) is 47.4 Å². The number of nitrogens with zero attached hydrogens (tertiary/aromatic N) is 2. The molecular formula is C28H38FN3O4S. The Balaban J connectivity index is 1.71. The Hall–Kier alpha value is -2.94. The quantitative estimate of drug-likeness (QED) is 0.461. The maximum Gasteiger partial charge on any atom is 0.242 e. The summed E-state index contributed by atoms with van der Waals surface area (Å²) in [5.74, 6) is -1.08. The van der Waals surface area contributed by atoms with Crippen LogP contribution in [0.25, 0.3) is 0 Å². The van der Waals surface area contributed by atoms with Gasteiger partial charge in [-0.2, -0.15) is 0 Å². The van der Waals surface area contributed by atoms with E-state index in [0.29, 0.717) is 0 Å². The third kappa shape index (κ3) is 8.28. The highest BCUT2D eigenvalue weighted by Crippen LogP contribution is 2.23. The molecule has 1 N–H and O–H groups in total. The van der Waals surface area contributed by atoms with E-state index in [4.69, 9.17) is 0 Å². The summed E-state index contributed by atoms with van der Waals surface area (Å²) >= 11 is 0. The van der Waals surface area contributed by atoms with Gasteiger partial charge in [-0.05, 0) is 50.8 Å². The molecule has 37 heavy (non-hydrogen) atoms. The van der Waals surface area contributed by atoms with Crippen LogP contribution in [0.5, 0.6) is 0 Å². The van der Waals surface area contributed by atoms with E-state index >= 15 is 0 Å². The zero-order chi connectivity index (χ0) is 27.0. The van der Waals surface area contributed by atoms with Crippen molar-refractivity contribution in [1.82, 2.24) is 10.2 Å². The Kier molecular flexibility index (Phi) is 10.1. The van der Waals surface area contributed by atoms with Crippen LogP contribution in [0.4, 0.5) is 10.1 Å². The maximum atomic E-state index is 14.3. The first-order chi connectivity index (χ1) is 17.6. The van der Waals surface area contributed by atoms with Gasteiger partial charge < -0.3 is 10.2 Å². The topological polar surface area (TPSA) is 86.8 Å². The second-order valence-electron chi connectivity index (χ2n) is 9.92. The van der Waals surface area contributed by atoms with Crippen LogP contribution in [-0.4, -0.2) is 50.0 Å². The van der Waals surface area contributed by atoms with Gasteiger partial charge in [-0.3, -0.25) is 13.9 Å². The second-order valence-corrected chi connectivity index (χ2v) is 11.8. The number of sulfonamides is 1. The van der Waals surface area contributed by atoms with Gasteiger partial charge in [-0.1, -0.05) is 61.2 Å². The second kappa shape index (κ2) is 13.0. The molecule has 0 unspecified atom stereocenters. The largest absolute Gasteiger partial charge is 0.352 e. The number of amides is 2. The molecule has 2 aromatic carbocycles. The van der Waals surface area contributed by atoms with E-state index in [2.05, 4.69) is 5.32 Å². The highest BCUT2D eigenvalue weighted by molar-refractivity contribution is 7.92. The number of hydrogen-bond acceptors (Lipinski definition) is 4. The third-order valence-electron chi connectivity index (χ3n) is 6.87. The molecule has 2 aromatic rings. The fraction of sp³-hybridized carbons (Fsp3) is 0.500. The molecule has 3 rings (SSSR count). The van der Waals surface area contributed by atoms with Crippen LogP contribution in [-0.2, 0) is 26.2 Å². The summed E-state index contributed by atoms with van der Waals surface area (Å²) in [5, 5.41) is 3.11. The van der Waals surface area contributed by atoms with E-state index in [1.807, 2.05) is 31.2 Å². The van der Waals surface area contributed by atoms with Crippen LogP contribution in [0.2, 0.25) is 0 Å². The molecule has 7 nitrogen and oxygen atoms in total. The number of rotatable bonds is 11. The van der Waals surface area contributed by atoms with Gasteiger partial charge in [0.1, 0.15) is 11.9 Å². The molecule has 1 fully saturated rings. The number of hydrogen-bond donors (Lipinski definition) is 1. The number of carbonyl (C=O) groups is 2. The summed E-state index contributed by atoms with van der Waals surface area (Å²) in [6, 6.07) is 12.9. The van der Waals surface area contributed by atoms with Crippen molar-refractivity contribution >= 4 is 27.5 Å². The summed E-state index contributed by atoms with van der Waals surface area (Å²) in [6.07, 6.45) is 6.47. The van der Waals surface area contributed by atoms with E-state index < -0.39 is 21.9 Å². The molecule has 1 atom stereocenters. The molecule has 2 amide bonds. The molecule has 9 heteroatoms. The maximum absolute atomic E-state index is 14.3. The first kappa shape index (κ1) is 28.6. The predicted molar refractivity (Wildman–Crippen MR) is 144 cm³/mol. The Morgan fingerprint density at radius 1 is 1.05 bits per heavy atom. The van der Waals surface area contributed by atoms with Gasteiger partial charge in [0.25, 0.3) is 0 Å². The van der Waals surface area contributed by atoms with Gasteiger partial charge in [0.15, 0.2) is 0 Å². The number of carbonyl (C=O) groups excluding carboxylic acids is 2. The molecule has 0 saturated heterocycles. The summed E-state index contributed by atoms with van der Waals surface area (Å²) in [4.78, 5) is 28.0. The van der Waals surface area contributed by atoms with Gasteiger partial charge in [0, 0.05) is 25.6 Å². The fourth-order valence-corrected chi connectivity index (χ4v) is 5.64. The Bertz CT molecular complexity index is 1160. The van der Waals surface area contributed by atoms with Crippen molar-refractivity contribution in [2.75, 3.05) is 17.1 Å². The monoisotopic (exact) mass is 531 g/mol. The van der Waals surface area contributed by atoms with Gasteiger partial charge in [0.2, 0.25) is 21.8 Å². The molecule has 0 aromatic heterocycles. The van der Waals surface area contributed by atoms with Crippen LogP contribution in [0.1, 0.15) is 63.0 Å². The number of anilines is 1. The smallest absolute Gasteiger partial charge is 0.242 e. The molecule has 0 spiro atoms. The normalized spacial score (nSPS) is 15.1. The molecule has 0 heterocycles. The van der Waals surface area contributed by atoms with E-state index in [1.165, 1.54) is 24.6 Å². The number of halogens is 1. The molecule has 0 aliphatic heterocycles. The minimum absolute atomic E-state index is 0.0212. The summed E-state index contributed by atoms with van der Waals surface area (Å²) < 4.78 is 40.0. The Morgan fingerprint density at radius 2 is 1.70 bits per heavy atom. The van der Waals surface area contributed by atoms with Crippen molar-refractivity contribution < 1.29 is 22.4 Å². The molecule has 0 bridgehead atoms. The number of para-hydroxylation sites is 1. The minimum atomic E-state index is -3.75. The van der Waals surface area contributed by atoms with Crippen LogP contribution in [0.3, 0.4) is 0 Å². The number of benzene rings is 2. The van der Waals surface area contributed by atoms with Crippen LogP contribution in [0, 0.1) is 12.7 Å². The average Bonchev–Trinajstić information content (AvgIpc) is 2.86. The highest BCUT2D eigenvalue weighted by atomic mass is 32.2. The number of aryl methyl sites for hydroxylation is 1. The number of nitrogens with one attached hydrogen (secondary N) is 1. The van der Waals surface area contributed by atoms with Gasteiger partial charge in [-0.15, -0.1) is 0 Å². The van der Waals surface area contributed by atoms with Gasteiger partial charge in [0.05, 0.1) is 11.9 Å². The Morgan fingerprint density at radius 3 is 2.32 bits per heavy atom. The summed E-state index contributed by atoms with van der Waals surface area (Å²) in [7, 11) is -3.75. The van der Waals surface area contributed by atoms with Crippen molar-refractivity contribution in [2.45, 2.75) is 77.4 Å². The summed E-state index contributed by atoms with van der Waals surface area (Å²) in [5.41, 5.74) is 1.95. The predicted octanol–water partition coefficient (Wildman–Crippen LogP) is 4.55. The molecule has 1 aliphatic rings. The SMILES string of the molecule is Cc1ccc(CN(C(=O)CCCN(c2ccccc2F)S(C)(=O)=O)[C@@H](C)C(=O)NC2CCCCC2)cc1. The van der Waals surface area contributed by atoms with E-state index in [9.17, 15) is 22.4 Å². The first-order valence-electron chi connectivity index (χ1n) is 12.9. The lowest BCUT2D eigenvalue weighted by molar-refractivity contribution is -0.141. The zero-order valence-electron chi connectivity index (χ0n) is 22.0. The zero-order valence-corrected chi connectivity index (χ0v) is 22.8. The lowest BCUT2D eigenvalue weighted by atomic mass is 9.95. The first-order valence-corrected chi connectivity index (χ1v) is 14.8. The van der Waals surface area contributed by atoms with Gasteiger partial charge in [-0.25, -0.2) is 12.8 Å². The molecule has 1 aliphatic carbocycles. The van der Waals surface area contributed by atoms with E-state index in [-0.39, 0.29) is 49.5 Å².